The molecule has 6 aliphatic heterocycles. The van der Waals surface area contributed by atoms with Crippen molar-refractivity contribution in [2.75, 3.05) is 33.0 Å². The van der Waals surface area contributed by atoms with Crippen molar-refractivity contribution in [2.45, 2.75) is 129 Å². The fraction of sp³-hybridized carbons (Fsp3) is 0.676. The Balaban J connectivity index is 0.000000148. The lowest BCUT2D eigenvalue weighted by Gasteiger charge is -2.39. The fourth-order valence-electron chi connectivity index (χ4n) is 8.32. The van der Waals surface area contributed by atoms with E-state index in [4.69, 9.17) is 23.7 Å². The topological polar surface area (TPSA) is 203 Å². The molecule has 3 saturated heterocycles. The maximum absolute atomic E-state index is 12.5. The molecule has 0 aliphatic carbocycles. The van der Waals surface area contributed by atoms with Crippen LogP contribution in [0.1, 0.15) is 59.8 Å². The minimum Gasteiger partial charge on any atom is -0.390 e. The quantitative estimate of drug-likeness (QED) is 0.213. The summed E-state index contributed by atoms with van der Waals surface area (Å²) in [5.41, 5.74) is 3.55. The number of fused-ring (bicyclic) bond motifs is 5. The molecule has 56 heavy (non-hydrogen) atoms. The first-order valence-corrected chi connectivity index (χ1v) is 19.6. The fourth-order valence-corrected chi connectivity index (χ4v) is 8.32. The molecule has 3 aromatic heterocycles. The summed E-state index contributed by atoms with van der Waals surface area (Å²) in [5, 5.41) is 25.4. The number of hydrogen-bond donors (Lipinski definition) is 2. The van der Waals surface area contributed by atoms with Crippen molar-refractivity contribution in [1.29, 1.82) is 0 Å². The lowest BCUT2D eigenvalue weighted by atomic mass is 9.98. The zero-order valence-electron chi connectivity index (χ0n) is 32.1. The summed E-state index contributed by atoms with van der Waals surface area (Å²) in [6.45, 7) is 11.8. The monoisotopic (exact) mass is 780 g/mol. The zero-order chi connectivity index (χ0) is 38.8. The Bertz CT molecular complexity index is 2110. The molecular formula is C37H52N10O9. The highest BCUT2D eigenvalue weighted by atomic mass is 16.6. The van der Waals surface area contributed by atoms with Crippen molar-refractivity contribution >= 4 is 0 Å². The summed E-state index contributed by atoms with van der Waals surface area (Å²) in [7, 11) is 0. The lowest BCUT2D eigenvalue weighted by Crippen LogP contribution is -2.49. The summed E-state index contributed by atoms with van der Waals surface area (Å²) in [6.07, 6.45) is 4.13. The second kappa shape index (κ2) is 17.1. The van der Waals surface area contributed by atoms with Gasteiger partial charge in [0.25, 0.3) is 0 Å². The second-order valence-corrected chi connectivity index (χ2v) is 15.3. The zero-order valence-corrected chi connectivity index (χ0v) is 32.1. The van der Waals surface area contributed by atoms with Gasteiger partial charge in [0.15, 0.2) is 17.5 Å². The first kappa shape index (κ1) is 38.6. The van der Waals surface area contributed by atoms with E-state index in [-0.39, 0.29) is 35.8 Å². The van der Waals surface area contributed by atoms with Gasteiger partial charge in [0.2, 0.25) is 0 Å². The van der Waals surface area contributed by atoms with E-state index in [1.807, 2.05) is 0 Å². The highest BCUT2D eigenvalue weighted by Crippen LogP contribution is 2.37. The highest BCUT2D eigenvalue weighted by molar-refractivity contribution is 5.32. The van der Waals surface area contributed by atoms with Crippen LogP contribution in [0.3, 0.4) is 0 Å². The molecule has 19 nitrogen and oxygen atoms in total. The van der Waals surface area contributed by atoms with Gasteiger partial charge in [-0.25, -0.2) is 28.8 Å². The summed E-state index contributed by atoms with van der Waals surface area (Å²) in [6, 6.07) is 7.26. The number of piperidine rings is 1. The first-order valence-electron chi connectivity index (χ1n) is 19.6. The number of rotatable bonds is 9. The molecule has 3 fully saturated rings. The van der Waals surface area contributed by atoms with Crippen LogP contribution in [0.15, 0.2) is 32.6 Å². The van der Waals surface area contributed by atoms with Crippen LogP contribution in [0, 0.1) is 13.8 Å². The van der Waals surface area contributed by atoms with E-state index in [1.165, 1.54) is 26.1 Å². The van der Waals surface area contributed by atoms with Crippen molar-refractivity contribution in [1.82, 2.24) is 48.4 Å². The van der Waals surface area contributed by atoms with Gasteiger partial charge in [0, 0.05) is 18.6 Å². The van der Waals surface area contributed by atoms with E-state index in [2.05, 4.69) is 57.3 Å². The van der Waals surface area contributed by atoms with Gasteiger partial charge in [-0.15, -0.1) is 0 Å². The molecule has 0 radical (unpaired) electrons. The largest absolute Gasteiger partial charge is 0.390 e. The third-order valence-corrected chi connectivity index (χ3v) is 11.4. The van der Waals surface area contributed by atoms with Gasteiger partial charge >= 0.3 is 17.1 Å². The Kier molecular flexibility index (Phi) is 11.8. The van der Waals surface area contributed by atoms with Gasteiger partial charge in [-0.05, 0) is 56.2 Å². The van der Waals surface area contributed by atoms with Crippen molar-refractivity contribution in [2.24, 2.45) is 0 Å². The van der Waals surface area contributed by atoms with Gasteiger partial charge in [-0.1, -0.05) is 18.2 Å². The number of aryl methyl sites for hydroxylation is 2. The van der Waals surface area contributed by atoms with Crippen molar-refractivity contribution in [3.05, 3.63) is 83.8 Å². The van der Waals surface area contributed by atoms with E-state index in [0.29, 0.717) is 103 Å². The van der Waals surface area contributed by atoms with E-state index < -0.39 is 6.10 Å². The SMILES string of the molecule is Cc1cccc(C)c1COC1CC2CCC(C1)N2CC(O)Cn1nc2n(c1=O)CCOC2.O=c1[nH]nc2n1CCOC2.O=c1n(CC2CO2)nc2n1CCOC2. The molecule has 4 atom stereocenters. The Hall–Kier alpha value is -4.24. The Labute approximate surface area is 322 Å². The van der Waals surface area contributed by atoms with Gasteiger partial charge < -0.3 is 28.8 Å². The average Bonchev–Trinajstić information content (AvgIpc) is 3.68. The van der Waals surface area contributed by atoms with Gasteiger partial charge in [0.1, 0.15) is 25.9 Å². The normalized spacial score (nSPS) is 24.2. The maximum atomic E-state index is 12.5. The summed E-state index contributed by atoms with van der Waals surface area (Å²) < 4.78 is 34.9. The molecule has 2 N–H and O–H groups in total. The second-order valence-electron chi connectivity index (χ2n) is 15.3. The molecule has 10 rings (SSSR count). The molecular weight excluding hydrogens is 728 g/mol. The molecule has 1 aromatic carbocycles. The molecule has 2 bridgehead atoms. The number of hydrogen-bond acceptors (Lipinski definition) is 13. The molecule has 9 heterocycles. The Morgan fingerprint density at radius 3 is 1.98 bits per heavy atom. The molecule has 0 saturated carbocycles. The molecule has 0 amide bonds. The maximum Gasteiger partial charge on any atom is 0.346 e. The van der Waals surface area contributed by atoms with Crippen LogP contribution in [-0.2, 0) is 82.8 Å². The van der Waals surface area contributed by atoms with Crippen molar-refractivity contribution < 1.29 is 28.8 Å². The third kappa shape index (κ3) is 8.68. The van der Waals surface area contributed by atoms with Crippen LogP contribution in [-0.4, -0.2) is 117 Å². The molecule has 4 aromatic rings. The molecule has 304 valence electrons. The number of epoxide rings is 1. The number of nitrogens with one attached hydrogen (secondary N) is 1. The van der Waals surface area contributed by atoms with Crippen LogP contribution in [0.25, 0.3) is 0 Å². The van der Waals surface area contributed by atoms with Gasteiger partial charge in [-0.2, -0.15) is 15.3 Å². The first-order chi connectivity index (χ1) is 27.2. The van der Waals surface area contributed by atoms with E-state index in [9.17, 15) is 19.5 Å². The Morgan fingerprint density at radius 2 is 1.39 bits per heavy atom. The van der Waals surface area contributed by atoms with E-state index in [1.54, 1.807) is 13.7 Å². The predicted octanol–water partition coefficient (Wildman–Crippen LogP) is -0.160. The van der Waals surface area contributed by atoms with Crippen molar-refractivity contribution in [3.8, 4) is 0 Å². The smallest absolute Gasteiger partial charge is 0.346 e. The number of ether oxygens (including phenoxy) is 5. The molecule has 19 heteroatoms. The van der Waals surface area contributed by atoms with E-state index in [0.717, 1.165) is 38.1 Å². The van der Waals surface area contributed by atoms with Crippen LogP contribution in [0.5, 0.6) is 0 Å². The molecule has 6 aliphatic rings. The predicted molar refractivity (Wildman–Crippen MR) is 198 cm³/mol. The number of aromatic amines is 1. The highest BCUT2D eigenvalue weighted by Gasteiger charge is 2.42. The van der Waals surface area contributed by atoms with Crippen LogP contribution >= 0.6 is 0 Å². The number of aromatic nitrogens is 9. The minimum atomic E-state index is -0.624. The van der Waals surface area contributed by atoms with Crippen molar-refractivity contribution in [3.63, 3.8) is 0 Å². The number of aliphatic hydroxyl groups is 1. The van der Waals surface area contributed by atoms with Crippen LogP contribution in [0.2, 0.25) is 0 Å². The number of benzene rings is 1. The van der Waals surface area contributed by atoms with Gasteiger partial charge in [-0.3, -0.25) is 18.6 Å². The standard InChI is InChI=1S/C24H34N4O4.C8H11N3O3.C5H7N3O2/c1-16-4-3-5-17(2)22(16)14-32-21-10-18-6-7-19(11-21)27(18)12-20(29)13-28-24(30)26-8-9-31-15-23(26)25-28;12-8-10-1-2-13-5-7(10)9-11(8)3-6-4-14-6;9-5-7-6-4-3-10-2-1-8(4)5/h3-5,18-21,29H,6-15H2,1-2H3;6H,1-5H2;1-3H2,(H,7,9). The number of H-pyrrole nitrogens is 1. The Morgan fingerprint density at radius 1 is 0.821 bits per heavy atom. The summed E-state index contributed by atoms with van der Waals surface area (Å²) >= 11 is 0. The van der Waals surface area contributed by atoms with Crippen LogP contribution < -0.4 is 17.1 Å². The lowest BCUT2D eigenvalue weighted by molar-refractivity contribution is -0.0405. The average molecular weight is 781 g/mol. The van der Waals surface area contributed by atoms with E-state index >= 15 is 0 Å². The third-order valence-electron chi connectivity index (χ3n) is 11.4. The summed E-state index contributed by atoms with van der Waals surface area (Å²) in [5.74, 6) is 2.06. The molecule has 0 spiro atoms. The van der Waals surface area contributed by atoms with Crippen LogP contribution in [0.4, 0.5) is 0 Å². The number of aliphatic hydroxyl groups excluding tert-OH is 1. The van der Waals surface area contributed by atoms with Gasteiger partial charge in [0.05, 0.1) is 78.0 Å². The summed E-state index contributed by atoms with van der Waals surface area (Å²) in [4.78, 5) is 37.5. The number of nitrogens with zero attached hydrogens (tertiary/aromatic N) is 9. The minimum absolute atomic E-state index is 0.0428. The molecule has 4 unspecified atom stereocenters.